The van der Waals surface area contributed by atoms with Crippen LogP contribution in [0.3, 0.4) is 0 Å². The molecule has 1 aromatic rings. The second-order valence-electron chi connectivity index (χ2n) is 2.96. The summed E-state index contributed by atoms with van der Waals surface area (Å²) in [5.74, 6) is -2.03. The Balaban J connectivity index is 3.10. The molecule has 0 aliphatic rings. The summed E-state index contributed by atoms with van der Waals surface area (Å²) in [4.78, 5) is 0. The van der Waals surface area contributed by atoms with Crippen LogP contribution < -0.4 is 10.2 Å². The topological polar surface area (TPSA) is 81.2 Å². The Labute approximate surface area is 102 Å². The summed E-state index contributed by atoms with van der Waals surface area (Å²) in [6.45, 7) is 1.87. The zero-order valence-corrected chi connectivity index (χ0v) is 9.37. The quantitative estimate of drug-likeness (QED) is 0.655. The fourth-order valence-electron chi connectivity index (χ4n) is 1.09. The molecule has 1 rings (SSSR count). The summed E-state index contributed by atoms with van der Waals surface area (Å²) in [5, 5.41) is 20.1. The molecule has 1 aromatic carbocycles. The molecule has 92 valence electrons. The van der Waals surface area contributed by atoms with Gasteiger partial charge < -0.3 is 4.74 Å². The van der Waals surface area contributed by atoms with Gasteiger partial charge >= 0.3 is 0 Å². The van der Waals surface area contributed by atoms with E-state index in [9.17, 15) is 8.78 Å². The highest BCUT2D eigenvalue weighted by Crippen LogP contribution is 2.27. The summed E-state index contributed by atoms with van der Waals surface area (Å²) in [6, 6.07) is 5.03. The van der Waals surface area contributed by atoms with Crippen molar-refractivity contribution in [1.82, 2.24) is 0 Å². The van der Waals surface area contributed by atoms with E-state index in [4.69, 9.17) is 15.3 Å². The third-order valence-corrected chi connectivity index (χ3v) is 1.85. The minimum Gasteiger partial charge on any atom is -0.491 e. The maximum atomic E-state index is 13.7. The Morgan fingerprint density at radius 1 is 1.39 bits per heavy atom. The predicted molar refractivity (Wildman–Crippen MR) is 59.8 cm³/mol. The van der Waals surface area contributed by atoms with E-state index in [1.165, 1.54) is 12.1 Å². The van der Waals surface area contributed by atoms with E-state index in [-0.39, 0.29) is 12.4 Å². The molecule has 0 amide bonds. The van der Waals surface area contributed by atoms with Crippen LogP contribution in [0.1, 0.15) is 6.92 Å². The van der Waals surface area contributed by atoms with Gasteiger partial charge in [0.15, 0.2) is 17.4 Å². The van der Waals surface area contributed by atoms with E-state index in [2.05, 4.69) is 5.10 Å². The number of benzene rings is 1. The van der Waals surface area contributed by atoms with Crippen molar-refractivity contribution in [1.29, 1.82) is 10.5 Å². The zero-order chi connectivity index (χ0) is 13.5. The minimum absolute atomic E-state index is 0.146. The number of rotatable bonds is 4. The molecule has 0 heterocycles. The van der Waals surface area contributed by atoms with Crippen LogP contribution in [-0.2, 0) is 0 Å². The molecular formula is C11H8F2N4O. The van der Waals surface area contributed by atoms with Crippen molar-refractivity contribution in [3.63, 3.8) is 0 Å². The smallest absolute Gasteiger partial charge is 0.237 e. The third kappa shape index (κ3) is 2.92. The van der Waals surface area contributed by atoms with Crippen LogP contribution >= 0.6 is 0 Å². The van der Waals surface area contributed by atoms with Gasteiger partial charge in [0.1, 0.15) is 17.8 Å². The number of nitrogens with zero attached hydrogens (tertiary/aromatic N) is 3. The number of anilines is 1. The van der Waals surface area contributed by atoms with Crippen LogP contribution in [-0.4, -0.2) is 12.3 Å². The summed E-state index contributed by atoms with van der Waals surface area (Å²) in [7, 11) is 0. The summed E-state index contributed by atoms with van der Waals surface area (Å²) < 4.78 is 32.0. The molecule has 0 aromatic heterocycles. The molecule has 0 saturated carbocycles. The van der Waals surface area contributed by atoms with E-state index in [0.717, 1.165) is 12.1 Å². The van der Waals surface area contributed by atoms with Gasteiger partial charge in [0, 0.05) is 0 Å². The van der Waals surface area contributed by atoms with Crippen molar-refractivity contribution in [3.8, 4) is 17.9 Å². The number of nitrogens with one attached hydrogen (secondary N) is 1. The molecule has 18 heavy (non-hydrogen) atoms. The zero-order valence-electron chi connectivity index (χ0n) is 9.37. The van der Waals surface area contributed by atoms with Gasteiger partial charge in [-0.25, -0.2) is 8.78 Å². The molecule has 0 spiro atoms. The standard InChI is InChI=1S/C11H8F2N4O/c1-2-18-9-4-3-8(12)11(10(9)13)17-16-7(5-14)6-15/h3-4,17H,2H2,1H3. The van der Waals surface area contributed by atoms with Crippen LogP contribution in [0.2, 0.25) is 0 Å². The van der Waals surface area contributed by atoms with E-state index < -0.39 is 23.0 Å². The fourth-order valence-corrected chi connectivity index (χ4v) is 1.09. The average molecular weight is 250 g/mol. The number of ether oxygens (including phenoxy) is 1. The fraction of sp³-hybridized carbons (Fsp3) is 0.182. The Kier molecular flexibility index (Phi) is 4.58. The lowest BCUT2D eigenvalue weighted by molar-refractivity contribution is 0.321. The van der Waals surface area contributed by atoms with Gasteiger partial charge in [-0.2, -0.15) is 15.6 Å². The number of nitriles is 2. The Morgan fingerprint density at radius 3 is 2.61 bits per heavy atom. The maximum Gasteiger partial charge on any atom is 0.237 e. The highest BCUT2D eigenvalue weighted by Gasteiger charge is 2.14. The van der Waals surface area contributed by atoms with Crippen LogP contribution in [0.4, 0.5) is 14.5 Å². The molecule has 1 N–H and O–H groups in total. The van der Waals surface area contributed by atoms with Gasteiger partial charge in [-0.3, -0.25) is 5.43 Å². The largest absolute Gasteiger partial charge is 0.491 e. The van der Waals surface area contributed by atoms with Gasteiger partial charge in [0.2, 0.25) is 5.71 Å². The Bertz CT molecular complexity index is 541. The first kappa shape index (κ1) is 13.4. The van der Waals surface area contributed by atoms with Crippen LogP contribution in [0.25, 0.3) is 0 Å². The molecule has 0 radical (unpaired) electrons. The molecule has 0 saturated heterocycles. The van der Waals surface area contributed by atoms with Gasteiger partial charge in [-0.15, -0.1) is 0 Å². The SMILES string of the molecule is CCOc1ccc(F)c(NN=C(C#N)C#N)c1F. The lowest BCUT2D eigenvalue weighted by Crippen LogP contribution is -2.03. The second-order valence-corrected chi connectivity index (χ2v) is 2.96. The summed E-state index contributed by atoms with van der Waals surface area (Å²) >= 11 is 0. The van der Waals surface area contributed by atoms with Gasteiger partial charge in [-0.1, -0.05) is 0 Å². The minimum atomic E-state index is -0.976. The average Bonchev–Trinajstić information content (AvgIpc) is 2.37. The molecule has 7 heteroatoms. The molecule has 0 aliphatic heterocycles. The monoisotopic (exact) mass is 250 g/mol. The molecule has 0 unspecified atom stereocenters. The van der Waals surface area contributed by atoms with Gasteiger partial charge in [0.25, 0.3) is 0 Å². The third-order valence-electron chi connectivity index (χ3n) is 1.85. The molecule has 0 bridgehead atoms. The van der Waals surface area contributed by atoms with Crippen molar-refractivity contribution in [2.75, 3.05) is 12.0 Å². The van der Waals surface area contributed by atoms with E-state index in [1.54, 1.807) is 6.92 Å². The van der Waals surface area contributed by atoms with Crippen molar-refractivity contribution in [2.24, 2.45) is 5.10 Å². The first-order valence-electron chi connectivity index (χ1n) is 4.88. The number of halogens is 2. The van der Waals surface area contributed by atoms with Crippen molar-refractivity contribution >= 4 is 11.4 Å². The molecule has 5 nitrogen and oxygen atoms in total. The first-order chi connectivity index (χ1) is 8.63. The van der Waals surface area contributed by atoms with Gasteiger partial charge in [0.05, 0.1) is 6.61 Å². The highest BCUT2D eigenvalue weighted by atomic mass is 19.1. The molecule has 0 fully saturated rings. The van der Waals surface area contributed by atoms with E-state index in [0.29, 0.717) is 0 Å². The number of hydrazone groups is 1. The van der Waals surface area contributed by atoms with Crippen LogP contribution in [0, 0.1) is 34.3 Å². The van der Waals surface area contributed by atoms with E-state index >= 15 is 0 Å². The van der Waals surface area contributed by atoms with Crippen molar-refractivity contribution < 1.29 is 13.5 Å². The normalized spacial score (nSPS) is 8.94. The predicted octanol–water partition coefficient (Wildman–Crippen LogP) is 2.18. The first-order valence-corrected chi connectivity index (χ1v) is 4.88. The van der Waals surface area contributed by atoms with E-state index in [1.807, 2.05) is 5.43 Å². The lowest BCUT2D eigenvalue weighted by Gasteiger charge is -2.09. The number of hydrogen-bond acceptors (Lipinski definition) is 5. The summed E-state index contributed by atoms with van der Waals surface area (Å²) in [6.07, 6.45) is 0. The second kappa shape index (κ2) is 6.16. The highest BCUT2D eigenvalue weighted by molar-refractivity contribution is 6.10. The Morgan fingerprint density at radius 2 is 2.06 bits per heavy atom. The van der Waals surface area contributed by atoms with Crippen LogP contribution in [0.15, 0.2) is 17.2 Å². The maximum absolute atomic E-state index is 13.7. The molecular weight excluding hydrogens is 242 g/mol. The lowest BCUT2D eigenvalue weighted by atomic mass is 10.2. The number of hydrogen-bond donors (Lipinski definition) is 1. The molecule has 0 aliphatic carbocycles. The van der Waals surface area contributed by atoms with Crippen molar-refractivity contribution in [2.45, 2.75) is 6.92 Å². The van der Waals surface area contributed by atoms with Crippen molar-refractivity contribution in [3.05, 3.63) is 23.8 Å². The van der Waals surface area contributed by atoms with Gasteiger partial charge in [-0.05, 0) is 19.1 Å². The summed E-state index contributed by atoms with van der Waals surface area (Å²) in [5.41, 5.74) is 0.870. The Hall–Kier alpha value is -2.67. The van der Waals surface area contributed by atoms with Crippen LogP contribution in [0.5, 0.6) is 5.75 Å². The molecule has 0 atom stereocenters.